The molecular weight excluding hydrogens is 400 g/mol. The first-order valence-electron chi connectivity index (χ1n) is 9.85. The Balaban J connectivity index is 1.42. The van der Waals surface area contributed by atoms with Gasteiger partial charge in [-0.25, -0.2) is 9.97 Å². The van der Waals surface area contributed by atoms with E-state index in [1.807, 2.05) is 6.92 Å². The van der Waals surface area contributed by atoms with Crippen molar-refractivity contribution in [3.63, 3.8) is 0 Å². The molecule has 3 aromatic heterocycles. The third-order valence-corrected chi connectivity index (χ3v) is 5.58. The Labute approximate surface area is 179 Å². The number of imidazole rings is 1. The third-order valence-electron chi connectivity index (χ3n) is 5.38. The highest BCUT2D eigenvalue weighted by Crippen LogP contribution is 2.23. The molecule has 0 aliphatic carbocycles. The van der Waals surface area contributed by atoms with Gasteiger partial charge in [-0.3, -0.25) is 4.57 Å². The number of hydrogen-bond acceptors (Lipinski definition) is 7. The Morgan fingerprint density at radius 2 is 1.67 bits per heavy atom. The predicted molar refractivity (Wildman–Crippen MR) is 118 cm³/mol. The zero-order valence-corrected chi connectivity index (χ0v) is 17.6. The fraction of sp³-hybridized carbons (Fsp3) is 0.286. The zero-order chi connectivity index (χ0) is 20.7. The van der Waals surface area contributed by atoms with Crippen LogP contribution < -0.4 is 9.80 Å². The molecule has 1 saturated heterocycles. The maximum absolute atomic E-state index is 6.09. The molecule has 0 spiro atoms. The number of benzene rings is 1. The number of rotatable bonds is 3. The van der Waals surface area contributed by atoms with E-state index in [4.69, 9.17) is 21.6 Å². The first-order chi connectivity index (χ1) is 14.6. The second kappa shape index (κ2) is 7.53. The predicted octanol–water partition coefficient (Wildman–Crippen LogP) is 3.20. The first kappa shape index (κ1) is 18.7. The van der Waals surface area contributed by atoms with Gasteiger partial charge in [0, 0.05) is 37.9 Å². The van der Waals surface area contributed by atoms with E-state index < -0.39 is 0 Å². The Morgan fingerprint density at radius 3 is 2.40 bits per heavy atom. The van der Waals surface area contributed by atoms with Crippen LogP contribution in [0.15, 0.2) is 42.9 Å². The molecule has 9 heteroatoms. The van der Waals surface area contributed by atoms with Gasteiger partial charge in [0.2, 0.25) is 5.95 Å². The zero-order valence-electron chi connectivity index (χ0n) is 16.8. The van der Waals surface area contributed by atoms with Crippen molar-refractivity contribution in [3.8, 4) is 5.82 Å². The standard InChI is InChI=1S/C21H21ClN8/c1-14-3-5-17(6-4-14)28-7-9-29(10-8-28)21-25-15(2)19-20(26-21)30(13-23-19)18-11-16(22)12-24-27-18/h3-6,11-13H,7-10H2,1-2H3. The molecule has 0 unspecified atom stereocenters. The van der Waals surface area contributed by atoms with E-state index in [0.29, 0.717) is 22.4 Å². The fourth-order valence-corrected chi connectivity index (χ4v) is 3.85. The van der Waals surface area contributed by atoms with Crippen molar-refractivity contribution in [2.75, 3.05) is 36.0 Å². The molecule has 1 fully saturated rings. The maximum Gasteiger partial charge on any atom is 0.227 e. The summed E-state index contributed by atoms with van der Waals surface area (Å²) in [6.45, 7) is 7.60. The van der Waals surface area contributed by atoms with E-state index in [0.717, 1.165) is 37.4 Å². The summed E-state index contributed by atoms with van der Waals surface area (Å²) in [5.41, 5.74) is 4.82. The molecule has 0 saturated carbocycles. The lowest BCUT2D eigenvalue weighted by Gasteiger charge is -2.36. The molecule has 0 N–H and O–H groups in total. The number of piperazine rings is 1. The summed E-state index contributed by atoms with van der Waals surface area (Å²) in [6, 6.07) is 10.4. The Bertz CT molecular complexity index is 1200. The number of nitrogens with zero attached hydrogens (tertiary/aromatic N) is 8. The molecule has 4 aromatic rings. The highest BCUT2D eigenvalue weighted by molar-refractivity contribution is 6.30. The van der Waals surface area contributed by atoms with Crippen LogP contribution in [0.5, 0.6) is 0 Å². The lowest BCUT2D eigenvalue weighted by molar-refractivity contribution is 0.640. The highest BCUT2D eigenvalue weighted by Gasteiger charge is 2.21. The number of fused-ring (bicyclic) bond motifs is 1. The van der Waals surface area contributed by atoms with Crippen LogP contribution in [0.4, 0.5) is 11.6 Å². The van der Waals surface area contributed by atoms with Crippen molar-refractivity contribution in [1.29, 1.82) is 0 Å². The van der Waals surface area contributed by atoms with Crippen LogP contribution in [0.3, 0.4) is 0 Å². The summed E-state index contributed by atoms with van der Waals surface area (Å²) in [5.74, 6) is 1.29. The Morgan fingerprint density at radius 1 is 0.933 bits per heavy atom. The minimum absolute atomic E-state index is 0.514. The van der Waals surface area contributed by atoms with Crippen molar-refractivity contribution in [3.05, 3.63) is 59.1 Å². The monoisotopic (exact) mass is 420 g/mol. The van der Waals surface area contributed by atoms with E-state index in [2.05, 4.69) is 56.2 Å². The summed E-state index contributed by atoms with van der Waals surface area (Å²) in [5, 5.41) is 8.61. The summed E-state index contributed by atoms with van der Waals surface area (Å²) >= 11 is 6.09. The van der Waals surface area contributed by atoms with Gasteiger partial charge in [-0.05, 0) is 26.0 Å². The molecule has 1 aliphatic rings. The van der Waals surface area contributed by atoms with Gasteiger partial charge in [0.05, 0.1) is 16.9 Å². The van der Waals surface area contributed by atoms with Gasteiger partial charge < -0.3 is 9.80 Å². The van der Waals surface area contributed by atoms with Crippen molar-refractivity contribution >= 4 is 34.4 Å². The molecule has 30 heavy (non-hydrogen) atoms. The molecule has 0 radical (unpaired) electrons. The number of aryl methyl sites for hydroxylation is 2. The smallest absolute Gasteiger partial charge is 0.227 e. The average Bonchev–Trinajstić information content (AvgIpc) is 3.19. The number of anilines is 2. The largest absolute Gasteiger partial charge is 0.368 e. The Kier molecular flexibility index (Phi) is 4.71. The topological polar surface area (TPSA) is 75.9 Å². The first-order valence-corrected chi connectivity index (χ1v) is 10.2. The van der Waals surface area contributed by atoms with Crippen molar-refractivity contribution < 1.29 is 0 Å². The molecule has 4 heterocycles. The lowest BCUT2D eigenvalue weighted by atomic mass is 10.2. The van der Waals surface area contributed by atoms with E-state index in [-0.39, 0.29) is 0 Å². The molecule has 8 nitrogen and oxygen atoms in total. The van der Waals surface area contributed by atoms with Crippen LogP contribution in [0.2, 0.25) is 5.02 Å². The average molecular weight is 421 g/mol. The van der Waals surface area contributed by atoms with E-state index >= 15 is 0 Å². The van der Waals surface area contributed by atoms with Crippen molar-refractivity contribution in [2.24, 2.45) is 0 Å². The maximum atomic E-state index is 6.09. The van der Waals surface area contributed by atoms with Crippen LogP contribution >= 0.6 is 11.6 Å². The van der Waals surface area contributed by atoms with Gasteiger partial charge in [0.15, 0.2) is 11.5 Å². The van der Waals surface area contributed by atoms with Crippen LogP contribution in [0, 0.1) is 13.8 Å². The quantitative estimate of drug-likeness (QED) is 0.503. The van der Waals surface area contributed by atoms with Gasteiger partial charge in [-0.1, -0.05) is 29.3 Å². The summed E-state index contributed by atoms with van der Waals surface area (Å²) < 4.78 is 1.80. The molecule has 0 bridgehead atoms. The number of halogens is 1. The highest BCUT2D eigenvalue weighted by atomic mass is 35.5. The van der Waals surface area contributed by atoms with Crippen LogP contribution in [0.25, 0.3) is 17.0 Å². The minimum atomic E-state index is 0.514. The summed E-state index contributed by atoms with van der Waals surface area (Å²) in [7, 11) is 0. The van der Waals surface area contributed by atoms with Crippen molar-refractivity contribution in [1.82, 2.24) is 29.7 Å². The van der Waals surface area contributed by atoms with Crippen LogP contribution in [0.1, 0.15) is 11.3 Å². The molecule has 1 aliphatic heterocycles. The number of aromatic nitrogens is 6. The van der Waals surface area contributed by atoms with Gasteiger partial charge in [-0.2, -0.15) is 10.1 Å². The van der Waals surface area contributed by atoms with Gasteiger partial charge in [-0.15, -0.1) is 5.10 Å². The van der Waals surface area contributed by atoms with E-state index in [1.165, 1.54) is 17.4 Å². The number of hydrogen-bond donors (Lipinski definition) is 0. The minimum Gasteiger partial charge on any atom is -0.368 e. The SMILES string of the molecule is Cc1ccc(N2CCN(c3nc(C)c4ncn(-c5cc(Cl)cnn5)c4n3)CC2)cc1. The molecular formula is C21H21ClN8. The van der Waals surface area contributed by atoms with E-state index in [1.54, 1.807) is 17.0 Å². The van der Waals surface area contributed by atoms with E-state index in [9.17, 15) is 0 Å². The third kappa shape index (κ3) is 3.43. The fourth-order valence-electron chi connectivity index (χ4n) is 3.71. The van der Waals surface area contributed by atoms with Crippen LogP contribution in [-0.2, 0) is 0 Å². The molecule has 0 atom stereocenters. The molecule has 152 valence electrons. The molecule has 1 aromatic carbocycles. The Hall–Kier alpha value is -3.26. The van der Waals surface area contributed by atoms with Crippen LogP contribution in [-0.4, -0.2) is 55.9 Å². The van der Waals surface area contributed by atoms with Gasteiger partial charge >= 0.3 is 0 Å². The molecule has 0 amide bonds. The van der Waals surface area contributed by atoms with Gasteiger partial charge in [0.25, 0.3) is 0 Å². The molecule has 5 rings (SSSR count). The second-order valence-electron chi connectivity index (χ2n) is 7.44. The summed E-state index contributed by atoms with van der Waals surface area (Å²) in [6.07, 6.45) is 3.19. The normalized spacial score (nSPS) is 14.5. The van der Waals surface area contributed by atoms with Crippen molar-refractivity contribution in [2.45, 2.75) is 13.8 Å². The lowest BCUT2D eigenvalue weighted by Crippen LogP contribution is -2.47. The summed E-state index contributed by atoms with van der Waals surface area (Å²) in [4.78, 5) is 18.6. The van der Waals surface area contributed by atoms with Gasteiger partial charge in [0.1, 0.15) is 11.8 Å². The second-order valence-corrected chi connectivity index (χ2v) is 7.87.